The molecule has 11 heteroatoms. The fourth-order valence-electron chi connectivity index (χ4n) is 5.03. The number of nitrogens with one attached hydrogen (secondary N) is 1. The molecule has 2 saturated carbocycles. The van der Waals surface area contributed by atoms with Gasteiger partial charge in [-0.2, -0.15) is 0 Å². The number of fused-ring (bicyclic) bond motifs is 5. The number of benzene rings is 1. The van der Waals surface area contributed by atoms with Crippen molar-refractivity contribution in [1.82, 2.24) is 4.90 Å². The molecule has 0 unspecified atom stereocenters. The normalized spacial score (nSPS) is 26.0. The Bertz CT molecular complexity index is 949. The predicted molar refractivity (Wildman–Crippen MR) is 104 cm³/mol. The molecule has 1 aliphatic heterocycles. The van der Waals surface area contributed by atoms with Crippen molar-refractivity contribution in [2.45, 2.75) is 19.3 Å². The van der Waals surface area contributed by atoms with E-state index in [1.54, 1.807) is 0 Å². The van der Waals surface area contributed by atoms with Crippen LogP contribution in [0.4, 0.5) is 11.4 Å². The average molecular weight is 431 g/mol. The van der Waals surface area contributed by atoms with E-state index in [-0.39, 0.29) is 46.9 Å². The minimum atomic E-state index is -0.899. The van der Waals surface area contributed by atoms with E-state index in [4.69, 9.17) is 9.47 Å². The minimum absolute atomic E-state index is 0.112. The van der Waals surface area contributed by atoms with Crippen LogP contribution in [-0.2, 0) is 23.9 Å². The third kappa shape index (κ3) is 3.71. The maximum absolute atomic E-state index is 12.6. The Morgan fingerprint density at radius 2 is 1.84 bits per heavy atom. The number of amides is 3. The lowest BCUT2D eigenvalue weighted by molar-refractivity contribution is -0.383. The standard InChI is InChI=1S/C20H21N3O8/c1-30-12-4-5-14(23(28)29)13(7-12)21-15(24)9-31-16(25)8-22-19(26)17-10-2-3-11(6-10)18(17)20(22)27/h4-5,7,10-11,17-18H,2-3,6,8-9H2,1H3,(H,21,24)/t10-,11-,17+,18+/m0/s1. The number of nitro benzene ring substituents is 1. The number of carbonyl (C=O) groups is 4. The molecule has 2 bridgehead atoms. The number of methoxy groups -OCH3 is 1. The number of hydrogen-bond acceptors (Lipinski definition) is 8. The van der Waals surface area contributed by atoms with Crippen molar-refractivity contribution >= 4 is 35.1 Å². The molecule has 11 nitrogen and oxygen atoms in total. The molecule has 2 aliphatic carbocycles. The van der Waals surface area contributed by atoms with Crippen LogP contribution in [0.2, 0.25) is 0 Å². The van der Waals surface area contributed by atoms with Gasteiger partial charge in [-0.15, -0.1) is 0 Å². The van der Waals surface area contributed by atoms with Gasteiger partial charge in [0.1, 0.15) is 18.0 Å². The number of rotatable bonds is 7. The molecule has 1 heterocycles. The zero-order chi connectivity index (χ0) is 22.3. The SMILES string of the molecule is COc1ccc([N+](=O)[O-])c(NC(=O)COC(=O)CN2C(=O)[C@@H]3[C@H]4CC[C@@H](C4)[C@H]3C2=O)c1. The molecule has 1 aromatic rings. The molecular weight excluding hydrogens is 410 g/mol. The first-order chi connectivity index (χ1) is 14.8. The Labute approximate surface area is 176 Å². The number of imide groups is 1. The molecule has 4 rings (SSSR count). The van der Waals surface area contributed by atoms with Gasteiger partial charge < -0.3 is 14.8 Å². The van der Waals surface area contributed by atoms with Crippen LogP contribution in [0.1, 0.15) is 19.3 Å². The Kier molecular flexibility index (Phi) is 5.34. The largest absolute Gasteiger partial charge is 0.497 e. The third-order valence-corrected chi connectivity index (χ3v) is 6.34. The number of hydrogen-bond donors (Lipinski definition) is 1. The summed E-state index contributed by atoms with van der Waals surface area (Å²) in [4.78, 5) is 60.9. The molecule has 1 N–H and O–H groups in total. The van der Waals surface area contributed by atoms with Gasteiger partial charge in [-0.3, -0.25) is 34.2 Å². The van der Waals surface area contributed by atoms with Crippen LogP contribution in [-0.4, -0.2) is 53.8 Å². The van der Waals surface area contributed by atoms with Gasteiger partial charge in [-0.05, 0) is 37.2 Å². The summed E-state index contributed by atoms with van der Waals surface area (Å²) in [5, 5.41) is 13.4. The van der Waals surface area contributed by atoms with Crippen molar-refractivity contribution in [2.75, 3.05) is 25.6 Å². The molecule has 0 aromatic heterocycles. The third-order valence-electron chi connectivity index (χ3n) is 6.34. The molecule has 0 spiro atoms. The Morgan fingerprint density at radius 3 is 2.42 bits per heavy atom. The van der Waals surface area contributed by atoms with Crippen molar-refractivity contribution in [1.29, 1.82) is 0 Å². The van der Waals surface area contributed by atoms with Crippen LogP contribution in [0.3, 0.4) is 0 Å². The highest BCUT2D eigenvalue weighted by Gasteiger charge is 2.61. The Balaban J connectivity index is 1.33. The fourth-order valence-corrected chi connectivity index (χ4v) is 5.03. The number of esters is 1. The van der Waals surface area contributed by atoms with E-state index in [2.05, 4.69) is 5.32 Å². The van der Waals surface area contributed by atoms with Gasteiger partial charge in [0.25, 0.3) is 11.6 Å². The molecule has 31 heavy (non-hydrogen) atoms. The fraction of sp³-hybridized carbons (Fsp3) is 0.500. The maximum Gasteiger partial charge on any atom is 0.326 e. The van der Waals surface area contributed by atoms with Crippen LogP contribution in [0.5, 0.6) is 5.75 Å². The van der Waals surface area contributed by atoms with Gasteiger partial charge in [0, 0.05) is 12.1 Å². The van der Waals surface area contributed by atoms with Gasteiger partial charge in [0.05, 0.1) is 23.9 Å². The molecule has 3 amide bonds. The summed E-state index contributed by atoms with van der Waals surface area (Å²) in [5.74, 6) is -2.35. The number of ether oxygens (including phenoxy) is 2. The summed E-state index contributed by atoms with van der Waals surface area (Å²) in [6.45, 7) is -1.27. The van der Waals surface area contributed by atoms with Crippen molar-refractivity contribution in [3.63, 3.8) is 0 Å². The summed E-state index contributed by atoms with van der Waals surface area (Å²) in [7, 11) is 1.37. The van der Waals surface area contributed by atoms with E-state index in [0.29, 0.717) is 5.75 Å². The molecule has 164 valence electrons. The molecular formula is C20H21N3O8. The molecule has 4 atom stereocenters. The van der Waals surface area contributed by atoms with Gasteiger partial charge in [0.2, 0.25) is 11.8 Å². The molecule has 3 aliphatic rings. The highest BCUT2D eigenvalue weighted by atomic mass is 16.6. The van der Waals surface area contributed by atoms with Gasteiger partial charge >= 0.3 is 5.97 Å². The van der Waals surface area contributed by atoms with Crippen molar-refractivity contribution < 1.29 is 33.6 Å². The predicted octanol–water partition coefficient (Wildman–Crippen LogP) is 1.12. The lowest BCUT2D eigenvalue weighted by atomic mass is 9.81. The van der Waals surface area contributed by atoms with Gasteiger partial charge in [0.15, 0.2) is 6.61 Å². The Morgan fingerprint density at radius 1 is 1.19 bits per heavy atom. The second-order valence-electron chi connectivity index (χ2n) is 8.00. The first-order valence-electron chi connectivity index (χ1n) is 9.93. The summed E-state index contributed by atoms with van der Waals surface area (Å²) in [6, 6.07) is 3.82. The highest BCUT2D eigenvalue weighted by Crippen LogP contribution is 2.56. The van der Waals surface area contributed by atoms with E-state index in [1.165, 1.54) is 25.3 Å². The zero-order valence-corrected chi connectivity index (χ0v) is 16.7. The topological polar surface area (TPSA) is 145 Å². The Hall–Kier alpha value is -3.50. The lowest BCUT2D eigenvalue weighted by Gasteiger charge is -2.19. The summed E-state index contributed by atoms with van der Waals surface area (Å²) in [5.41, 5.74) is -0.464. The van der Waals surface area contributed by atoms with E-state index in [9.17, 15) is 29.3 Å². The van der Waals surface area contributed by atoms with Crippen LogP contribution in [0.25, 0.3) is 0 Å². The van der Waals surface area contributed by atoms with Crippen molar-refractivity contribution in [3.8, 4) is 5.75 Å². The molecule has 0 radical (unpaired) electrons. The summed E-state index contributed by atoms with van der Waals surface area (Å²) < 4.78 is 9.87. The number of carbonyl (C=O) groups excluding carboxylic acids is 4. The first-order valence-corrected chi connectivity index (χ1v) is 9.93. The van der Waals surface area contributed by atoms with Gasteiger partial charge in [-0.25, -0.2) is 0 Å². The van der Waals surface area contributed by atoms with E-state index < -0.39 is 30.0 Å². The first kappa shape index (κ1) is 20.8. The van der Waals surface area contributed by atoms with Gasteiger partial charge in [-0.1, -0.05) is 0 Å². The second-order valence-corrected chi connectivity index (χ2v) is 8.00. The van der Waals surface area contributed by atoms with Crippen LogP contribution in [0, 0.1) is 33.8 Å². The van der Waals surface area contributed by atoms with Crippen LogP contribution >= 0.6 is 0 Å². The maximum atomic E-state index is 12.6. The van der Waals surface area contributed by atoms with Crippen LogP contribution < -0.4 is 10.1 Å². The number of likely N-dealkylation sites (tertiary alicyclic amines) is 1. The van der Waals surface area contributed by atoms with E-state index in [0.717, 1.165) is 24.2 Å². The monoisotopic (exact) mass is 431 g/mol. The number of anilines is 1. The van der Waals surface area contributed by atoms with E-state index in [1.807, 2.05) is 0 Å². The quantitative estimate of drug-likeness (QED) is 0.292. The summed E-state index contributed by atoms with van der Waals surface area (Å²) in [6.07, 6.45) is 2.75. The average Bonchev–Trinajstić information content (AvgIpc) is 3.42. The zero-order valence-electron chi connectivity index (χ0n) is 16.7. The second kappa shape index (κ2) is 7.97. The smallest absolute Gasteiger partial charge is 0.326 e. The number of nitro groups is 1. The van der Waals surface area contributed by atoms with Crippen molar-refractivity contribution in [2.24, 2.45) is 23.7 Å². The summed E-state index contributed by atoms with van der Waals surface area (Å²) >= 11 is 0. The molecule has 1 aromatic carbocycles. The van der Waals surface area contributed by atoms with Crippen molar-refractivity contribution in [3.05, 3.63) is 28.3 Å². The van der Waals surface area contributed by atoms with E-state index >= 15 is 0 Å². The molecule has 1 saturated heterocycles. The molecule has 3 fully saturated rings. The minimum Gasteiger partial charge on any atom is -0.497 e. The number of nitrogens with zero attached hydrogens (tertiary/aromatic N) is 2. The lowest BCUT2D eigenvalue weighted by Crippen LogP contribution is -2.38. The highest BCUT2D eigenvalue weighted by molar-refractivity contribution is 6.08. The van der Waals surface area contributed by atoms with Crippen LogP contribution in [0.15, 0.2) is 18.2 Å².